The topological polar surface area (TPSA) is 64.3 Å². The summed E-state index contributed by atoms with van der Waals surface area (Å²) in [5.41, 5.74) is 6.04. The van der Waals surface area contributed by atoms with E-state index in [0.29, 0.717) is 18.7 Å². The Kier molecular flexibility index (Phi) is 3.58. The van der Waals surface area contributed by atoms with Crippen LogP contribution >= 0.6 is 0 Å². The van der Waals surface area contributed by atoms with Crippen molar-refractivity contribution >= 4 is 17.3 Å². The first-order chi connectivity index (χ1) is 8.16. The summed E-state index contributed by atoms with van der Waals surface area (Å²) in [6.07, 6.45) is 2.12. The number of rotatable bonds is 2. The molecule has 1 aromatic carbocycles. The highest BCUT2D eigenvalue weighted by atomic mass is 19.1. The first-order valence-corrected chi connectivity index (χ1v) is 5.64. The quantitative estimate of drug-likeness (QED) is 0.773. The maximum absolute atomic E-state index is 13.4. The molecule has 2 rings (SSSR count). The Bertz CT molecular complexity index is 417. The monoisotopic (exact) mass is 238 g/mol. The summed E-state index contributed by atoms with van der Waals surface area (Å²) < 4.78 is 18.7. The molecular formula is C12H15FN2O2. The van der Waals surface area contributed by atoms with Gasteiger partial charge in [-0.1, -0.05) is 0 Å². The molecule has 1 amide bonds. The van der Waals surface area contributed by atoms with Crippen LogP contribution in [0.3, 0.4) is 0 Å². The fourth-order valence-electron chi connectivity index (χ4n) is 1.80. The molecule has 1 saturated heterocycles. The van der Waals surface area contributed by atoms with Gasteiger partial charge >= 0.3 is 0 Å². The molecule has 0 aromatic heterocycles. The fourth-order valence-corrected chi connectivity index (χ4v) is 1.80. The Balaban J connectivity index is 2.04. The third-order valence-corrected chi connectivity index (χ3v) is 2.72. The third-order valence-electron chi connectivity index (χ3n) is 2.72. The molecular weight excluding hydrogens is 223 g/mol. The highest BCUT2D eigenvalue weighted by Gasteiger charge is 2.22. The maximum atomic E-state index is 13.4. The number of ether oxygens (including phenoxy) is 1. The lowest BCUT2D eigenvalue weighted by molar-refractivity contribution is -0.130. The van der Waals surface area contributed by atoms with E-state index in [4.69, 9.17) is 10.5 Å². The molecule has 1 aromatic rings. The highest BCUT2D eigenvalue weighted by Crippen LogP contribution is 2.19. The van der Waals surface area contributed by atoms with Crippen molar-refractivity contribution < 1.29 is 13.9 Å². The molecule has 1 atom stereocenters. The van der Waals surface area contributed by atoms with Crippen LogP contribution in [0.5, 0.6) is 0 Å². The summed E-state index contributed by atoms with van der Waals surface area (Å²) >= 11 is 0. The Morgan fingerprint density at radius 1 is 1.47 bits per heavy atom. The molecule has 0 spiro atoms. The predicted octanol–water partition coefficient (Wildman–Crippen LogP) is 1.92. The normalized spacial score (nSPS) is 19.9. The van der Waals surface area contributed by atoms with Gasteiger partial charge in [-0.2, -0.15) is 0 Å². The van der Waals surface area contributed by atoms with Crippen LogP contribution in [0.2, 0.25) is 0 Å². The van der Waals surface area contributed by atoms with E-state index in [-0.39, 0.29) is 11.6 Å². The molecule has 92 valence electrons. The number of carbonyl (C=O) groups excluding carboxylic acids is 1. The molecule has 1 heterocycles. The summed E-state index contributed by atoms with van der Waals surface area (Å²) in [5, 5.41) is 2.50. The Morgan fingerprint density at radius 3 is 3.00 bits per heavy atom. The molecule has 17 heavy (non-hydrogen) atoms. The van der Waals surface area contributed by atoms with E-state index in [1.807, 2.05) is 0 Å². The van der Waals surface area contributed by atoms with Gasteiger partial charge in [0.05, 0.1) is 5.69 Å². The molecule has 0 saturated carbocycles. The van der Waals surface area contributed by atoms with E-state index < -0.39 is 11.9 Å². The second-order valence-electron chi connectivity index (χ2n) is 4.08. The van der Waals surface area contributed by atoms with Gasteiger partial charge in [0, 0.05) is 12.3 Å². The smallest absolute Gasteiger partial charge is 0.253 e. The van der Waals surface area contributed by atoms with Crippen molar-refractivity contribution in [2.24, 2.45) is 0 Å². The highest BCUT2D eigenvalue weighted by molar-refractivity contribution is 5.94. The van der Waals surface area contributed by atoms with Crippen molar-refractivity contribution in [1.29, 1.82) is 0 Å². The summed E-state index contributed by atoms with van der Waals surface area (Å²) in [5.74, 6) is -0.808. The molecule has 4 nitrogen and oxygen atoms in total. The lowest BCUT2D eigenvalue weighted by Crippen LogP contribution is -2.33. The number of anilines is 2. The summed E-state index contributed by atoms with van der Waals surface area (Å²) in [6, 6.07) is 4.07. The van der Waals surface area contributed by atoms with Gasteiger partial charge in [0.15, 0.2) is 0 Å². The molecule has 1 fully saturated rings. The zero-order valence-corrected chi connectivity index (χ0v) is 9.41. The van der Waals surface area contributed by atoms with Crippen LogP contribution in [0.25, 0.3) is 0 Å². The van der Waals surface area contributed by atoms with E-state index in [0.717, 1.165) is 12.8 Å². The number of benzene rings is 1. The number of amides is 1. The van der Waals surface area contributed by atoms with Crippen molar-refractivity contribution in [2.45, 2.75) is 25.4 Å². The second kappa shape index (κ2) is 5.14. The maximum Gasteiger partial charge on any atom is 0.253 e. The average Bonchev–Trinajstić information content (AvgIpc) is 2.35. The first kappa shape index (κ1) is 11.9. The molecule has 0 radical (unpaired) electrons. The largest absolute Gasteiger partial charge is 0.399 e. The van der Waals surface area contributed by atoms with Crippen molar-refractivity contribution in [3.63, 3.8) is 0 Å². The lowest BCUT2D eigenvalue weighted by Gasteiger charge is -2.21. The summed E-state index contributed by atoms with van der Waals surface area (Å²) in [4.78, 5) is 11.8. The van der Waals surface area contributed by atoms with E-state index in [9.17, 15) is 9.18 Å². The average molecular weight is 238 g/mol. The number of nitrogens with one attached hydrogen (secondary N) is 1. The van der Waals surface area contributed by atoms with Crippen LogP contribution in [0.15, 0.2) is 18.2 Å². The van der Waals surface area contributed by atoms with Crippen molar-refractivity contribution in [3.05, 3.63) is 24.0 Å². The van der Waals surface area contributed by atoms with E-state index in [1.165, 1.54) is 18.2 Å². The van der Waals surface area contributed by atoms with Crippen LogP contribution < -0.4 is 11.1 Å². The zero-order chi connectivity index (χ0) is 12.3. The standard InChI is InChI=1S/C12H15FN2O2/c13-9-5-4-8(14)7-10(9)15-12(16)11-3-1-2-6-17-11/h4-5,7,11H,1-3,6,14H2,(H,15,16). The number of hydrogen-bond acceptors (Lipinski definition) is 3. The molecule has 0 bridgehead atoms. The van der Waals surface area contributed by atoms with Gasteiger partial charge in [-0.15, -0.1) is 0 Å². The minimum atomic E-state index is -0.497. The van der Waals surface area contributed by atoms with Gasteiger partial charge in [-0.25, -0.2) is 4.39 Å². The van der Waals surface area contributed by atoms with Gasteiger partial charge in [-0.3, -0.25) is 4.79 Å². The summed E-state index contributed by atoms with van der Waals surface area (Å²) in [6.45, 7) is 0.581. The molecule has 1 aliphatic rings. The van der Waals surface area contributed by atoms with Crippen LogP contribution in [0.1, 0.15) is 19.3 Å². The van der Waals surface area contributed by atoms with Crippen molar-refractivity contribution in [1.82, 2.24) is 0 Å². The van der Waals surface area contributed by atoms with Crippen LogP contribution in [0.4, 0.5) is 15.8 Å². The minimum absolute atomic E-state index is 0.101. The van der Waals surface area contributed by atoms with Gasteiger partial charge in [0.2, 0.25) is 0 Å². The van der Waals surface area contributed by atoms with E-state index in [2.05, 4.69) is 5.32 Å². The van der Waals surface area contributed by atoms with Gasteiger partial charge < -0.3 is 15.8 Å². The van der Waals surface area contributed by atoms with Crippen LogP contribution in [-0.2, 0) is 9.53 Å². The van der Waals surface area contributed by atoms with Gasteiger partial charge in [-0.05, 0) is 37.5 Å². The van der Waals surface area contributed by atoms with Crippen LogP contribution in [-0.4, -0.2) is 18.6 Å². The number of hydrogen-bond donors (Lipinski definition) is 2. The Labute approximate surface area is 98.9 Å². The van der Waals surface area contributed by atoms with E-state index >= 15 is 0 Å². The molecule has 1 aliphatic heterocycles. The van der Waals surface area contributed by atoms with Crippen molar-refractivity contribution in [2.75, 3.05) is 17.7 Å². The molecule has 3 N–H and O–H groups in total. The van der Waals surface area contributed by atoms with Gasteiger partial charge in [0.25, 0.3) is 5.91 Å². The summed E-state index contributed by atoms with van der Waals surface area (Å²) in [7, 11) is 0. The third kappa shape index (κ3) is 2.94. The number of halogens is 1. The first-order valence-electron chi connectivity index (χ1n) is 5.64. The molecule has 0 aliphatic carbocycles. The van der Waals surface area contributed by atoms with Gasteiger partial charge in [0.1, 0.15) is 11.9 Å². The van der Waals surface area contributed by atoms with Crippen LogP contribution in [0, 0.1) is 5.82 Å². The Morgan fingerprint density at radius 2 is 2.29 bits per heavy atom. The Hall–Kier alpha value is -1.62. The fraction of sp³-hybridized carbons (Fsp3) is 0.417. The van der Waals surface area contributed by atoms with Crippen molar-refractivity contribution in [3.8, 4) is 0 Å². The lowest BCUT2D eigenvalue weighted by atomic mass is 10.1. The molecule has 5 heteroatoms. The van der Waals surface area contributed by atoms with E-state index in [1.54, 1.807) is 0 Å². The zero-order valence-electron chi connectivity index (χ0n) is 9.41. The SMILES string of the molecule is Nc1ccc(F)c(NC(=O)C2CCCCO2)c1. The number of nitrogen functional groups attached to an aromatic ring is 1. The number of carbonyl (C=O) groups is 1. The molecule has 1 unspecified atom stereocenters. The number of nitrogens with two attached hydrogens (primary N) is 1. The predicted molar refractivity (Wildman–Crippen MR) is 63.0 cm³/mol. The second-order valence-corrected chi connectivity index (χ2v) is 4.08. The minimum Gasteiger partial charge on any atom is -0.399 e.